The molecule has 1 aromatic rings. The van der Waals surface area contributed by atoms with Crippen LogP contribution >= 0.6 is 0 Å². The van der Waals surface area contributed by atoms with Gasteiger partial charge in [-0.25, -0.2) is 4.39 Å². The van der Waals surface area contributed by atoms with E-state index < -0.39 is 0 Å². The maximum Gasteiger partial charge on any atom is 0.143 e. The Labute approximate surface area is 76.9 Å². The molecule has 0 bridgehead atoms. The van der Waals surface area contributed by atoms with Crippen molar-refractivity contribution in [2.75, 3.05) is 0 Å². The van der Waals surface area contributed by atoms with E-state index in [0.29, 0.717) is 0 Å². The predicted molar refractivity (Wildman–Crippen MR) is 50.7 cm³/mol. The topological polar surface area (TPSA) is 17.1 Å². The zero-order chi connectivity index (χ0) is 9.68. The molecule has 1 nitrogen and oxygen atoms in total. The highest BCUT2D eigenvalue weighted by Crippen LogP contribution is 2.17. The van der Waals surface area contributed by atoms with Gasteiger partial charge in [0.2, 0.25) is 0 Å². The molecule has 0 N–H and O–H groups in total. The summed E-state index contributed by atoms with van der Waals surface area (Å²) in [6.45, 7) is 1.93. The smallest absolute Gasteiger partial charge is 0.143 e. The van der Waals surface area contributed by atoms with Crippen molar-refractivity contribution in [2.24, 2.45) is 0 Å². The number of benzene rings is 1. The van der Waals surface area contributed by atoms with Gasteiger partial charge in [0.25, 0.3) is 0 Å². The summed E-state index contributed by atoms with van der Waals surface area (Å²) in [5.41, 5.74) is 1.63. The predicted octanol–water partition coefficient (Wildman–Crippen LogP) is 2.82. The van der Waals surface area contributed by atoms with E-state index in [1.54, 1.807) is 12.1 Å². The lowest BCUT2D eigenvalue weighted by atomic mass is 10.0. The van der Waals surface area contributed by atoms with Crippen molar-refractivity contribution in [3.05, 3.63) is 41.7 Å². The zero-order valence-electron chi connectivity index (χ0n) is 7.46. The van der Waals surface area contributed by atoms with Crippen molar-refractivity contribution in [3.8, 4) is 0 Å². The number of hydrogen-bond acceptors (Lipinski definition) is 1. The molecule has 2 heteroatoms. The molecule has 0 heterocycles. The summed E-state index contributed by atoms with van der Waals surface area (Å²) in [6.07, 6.45) is 2.92. The molecule has 13 heavy (non-hydrogen) atoms. The summed E-state index contributed by atoms with van der Waals surface area (Å²) >= 11 is 0. The average Bonchev–Trinajstić information content (AvgIpc) is 2.14. The van der Waals surface area contributed by atoms with Gasteiger partial charge in [0.05, 0.1) is 0 Å². The lowest BCUT2D eigenvalue weighted by Crippen LogP contribution is -1.85. The third-order valence-corrected chi connectivity index (χ3v) is 1.85. The van der Waals surface area contributed by atoms with Gasteiger partial charge in [-0.2, -0.15) is 0 Å². The van der Waals surface area contributed by atoms with Gasteiger partial charge in [-0.1, -0.05) is 19.1 Å². The molecule has 0 aliphatic heterocycles. The van der Waals surface area contributed by atoms with Crippen LogP contribution in [-0.4, -0.2) is 6.29 Å². The third kappa shape index (κ3) is 2.51. The van der Waals surface area contributed by atoms with Gasteiger partial charge >= 0.3 is 0 Å². The molecule has 0 atom stereocenters. The highest BCUT2D eigenvalue weighted by Gasteiger charge is 1.99. The molecular weight excluding hydrogens is 167 g/mol. The second-order valence-corrected chi connectivity index (χ2v) is 2.69. The van der Waals surface area contributed by atoms with E-state index in [9.17, 15) is 9.18 Å². The standard InChI is InChI=1S/C11H11FO/c1-2-9(6-7-13)10-4-3-5-11(12)8-10/h3-8H,2H2,1H3/b9-6-. The Morgan fingerprint density at radius 2 is 2.31 bits per heavy atom. The first-order valence-corrected chi connectivity index (χ1v) is 4.18. The second-order valence-electron chi connectivity index (χ2n) is 2.69. The Bertz CT molecular complexity index is 329. The van der Waals surface area contributed by atoms with Gasteiger partial charge in [0.15, 0.2) is 0 Å². The van der Waals surface area contributed by atoms with E-state index in [1.165, 1.54) is 18.2 Å². The van der Waals surface area contributed by atoms with Crippen LogP contribution in [0.1, 0.15) is 18.9 Å². The first kappa shape index (κ1) is 9.65. The summed E-state index contributed by atoms with van der Waals surface area (Å²) in [4.78, 5) is 10.3. The highest BCUT2D eigenvalue weighted by molar-refractivity contribution is 5.81. The molecular formula is C11H11FO. The quantitative estimate of drug-likeness (QED) is 0.513. The summed E-state index contributed by atoms with van der Waals surface area (Å²) in [5, 5.41) is 0. The van der Waals surface area contributed by atoms with Crippen molar-refractivity contribution in [1.82, 2.24) is 0 Å². The van der Waals surface area contributed by atoms with Crippen molar-refractivity contribution in [3.63, 3.8) is 0 Å². The Morgan fingerprint density at radius 3 is 2.85 bits per heavy atom. The molecule has 0 aromatic heterocycles. The minimum absolute atomic E-state index is 0.275. The largest absolute Gasteiger partial charge is 0.299 e. The summed E-state index contributed by atoms with van der Waals surface area (Å²) in [6, 6.07) is 6.25. The summed E-state index contributed by atoms with van der Waals surface area (Å²) < 4.78 is 12.8. The van der Waals surface area contributed by atoms with Crippen molar-refractivity contribution in [1.29, 1.82) is 0 Å². The maximum atomic E-state index is 12.8. The number of halogens is 1. The van der Waals surface area contributed by atoms with Gasteiger partial charge in [-0.05, 0) is 35.8 Å². The molecule has 1 aromatic carbocycles. The Hall–Kier alpha value is -1.44. The first-order chi connectivity index (χ1) is 6.27. The van der Waals surface area contributed by atoms with Crippen LogP contribution in [0.3, 0.4) is 0 Å². The van der Waals surface area contributed by atoms with Crippen LogP contribution in [0, 0.1) is 5.82 Å². The molecule has 0 aliphatic rings. The van der Waals surface area contributed by atoms with Crippen LogP contribution in [0.4, 0.5) is 4.39 Å². The van der Waals surface area contributed by atoms with E-state index in [0.717, 1.165) is 23.8 Å². The number of rotatable bonds is 3. The number of hydrogen-bond donors (Lipinski definition) is 0. The fraction of sp³-hybridized carbons (Fsp3) is 0.182. The molecule has 1 rings (SSSR count). The second kappa shape index (κ2) is 4.55. The molecule has 0 saturated heterocycles. The molecule has 0 spiro atoms. The summed E-state index contributed by atoms with van der Waals surface area (Å²) in [5.74, 6) is -0.275. The van der Waals surface area contributed by atoms with E-state index in [1.807, 2.05) is 6.92 Å². The third-order valence-electron chi connectivity index (χ3n) is 1.85. The molecule has 68 valence electrons. The molecule has 0 radical (unpaired) electrons. The molecule has 0 saturated carbocycles. The number of carbonyl (C=O) groups is 1. The molecule has 0 fully saturated rings. The normalized spacial score (nSPS) is 11.4. The van der Waals surface area contributed by atoms with E-state index >= 15 is 0 Å². The van der Waals surface area contributed by atoms with Crippen LogP contribution in [-0.2, 0) is 4.79 Å². The Balaban J connectivity index is 3.05. The SMILES string of the molecule is CC/C(=C/C=O)c1cccc(F)c1. The molecule has 0 amide bonds. The van der Waals surface area contributed by atoms with Gasteiger partial charge in [-0.3, -0.25) is 4.79 Å². The van der Waals surface area contributed by atoms with E-state index in [2.05, 4.69) is 0 Å². The van der Waals surface area contributed by atoms with Gasteiger partial charge < -0.3 is 0 Å². The Kier molecular flexibility index (Phi) is 3.38. The average molecular weight is 178 g/mol. The lowest BCUT2D eigenvalue weighted by molar-refractivity contribution is -0.104. The lowest BCUT2D eigenvalue weighted by Gasteiger charge is -2.02. The van der Waals surface area contributed by atoms with E-state index in [4.69, 9.17) is 0 Å². The number of aldehydes is 1. The highest BCUT2D eigenvalue weighted by atomic mass is 19.1. The van der Waals surface area contributed by atoms with Crippen LogP contribution in [0.5, 0.6) is 0 Å². The van der Waals surface area contributed by atoms with E-state index in [-0.39, 0.29) is 5.82 Å². The monoisotopic (exact) mass is 178 g/mol. The van der Waals surface area contributed by atoms with Crippen LogP contribution < -0.4 is 0 Å². The summed E-state index contributed by atoms with van der Waals surface area (Å²) in [7, 11) is 0. The van der Waals surface area contributed by atoms with Gasteiger partial charge in [0.1, 0.15) is 12.1 Å². The minimum atomic E-state index is -0.275. The Morgan fingerprint density at radius 1 is 1.54 bits per heavy atom. The molecule has 0 aliphatic carbocycles. The number of carbonyl (C=O) groups excluding carboxylic acids is 1. The van der Waals surface area contributed by atoms with Crippen molar-refractivity contribution >= 4 is 11.9 Å². The number of allylic oxidation sites excluding steroid dienone is 2. The van der Waals surface area contributed by atoms with Gasteiger partial charge in [-0.15, -0.1) is 0 Å². The van der Waals surface area contributed by atoms with Crippen molar-refractivity contribution in [2.45, 2.75) is 13.3 Å². The van der Waals surface area contributed by atoms with Crippen LogP contribution in [0.15, 0.2) is 30.3 Å². The van der Waals surface area contributed by atoms with Gasteiger partial charge in [0, 0.05) is 0 Å². The molecule has 0 unspecified atom stereocenters. The van der Waals surface area contributed by atoms with Crippen LogP contribution in [0.25, 0.3) is 5.57 Å². The zero-order valence-corrected chi connectivity index (χ0v) is 7.46. The fourth-order valence-corrected chi connectivity index (χ4v) is 1.19. The first-order valence-electron chi connectivity index (χ1n) is 4.18. The van der Waals surface area contributed by atoms with Crippen molar-refractivity contribution < 1.29 is 9.18 Å². The van der Waals surface area contributed by atoms with Crippen LogP contribution in [0.2, 0.25) is 0 Å². The maximum absolute atomic E-state index is 12.8. The fourth-order valence-electron chi connectivity index (χ4n) is 1.19. The minimum Gasteiger partial charge on any atom is -0.299 e.